The first-order valence-corrected chi connectivity index (χ1v) is 12.2. The molecular formula is C26H28N2O6S. The average Bonchev–Trinajstić information content (AvgIpc) is 3.20. The third-order valence-corrected chi connectivity index (χ3v) is 7.12. The van der Waals surface area contributed by atoms with E-state index in [-0.39, 0.29) is 23.8 Å². The van der Waals surface area contributed by atoms with Crippen LogP contribution in [0.1, 0.15) is 30.1 Å². The van der Waals surface area contributed by atoms with Crippen LogP contribution >= 0.6 is 11.3 Å². The molecule has 9 heteroatoms. The second-order valence-corrected chi connectivity index (χ2v) is 9.11. The Morgan fingerprint density at radius 3 is 2.20 bits per heavy atom. The highest BCUT2D eigenvalue weighted by atomic mass is 32.1. The predicted molar refractivity (Wildman–Crippen MR) is 133 cm³/mol. The van der Waals surface area contributed by atoms with Gasteiger partial charge in [-0.25, -0.2) is 0 Å². The first-order chi connectivity index (χ1) is 16.9. The van der Waals surface area contributed by atoms with E-state index in [1.54, 1.807) is 41.2 Å². The molecule has 2 heterocycles. The second kappa shape index (κ2) is 10.8. The first-order valence-electron chi connectivity index (χ1n) is 11.3. The van der Waals surface area contributed by atoms with Crippen LogP contribution in [0.4, 0.5) is 5.69 Å². The standard InChI is InChI=1S/C26H28N2O6S/c1-17-16-35-26(31)27(17)14-15-34-25(30)22-12-13-23(29)28(19-6-10-21(33-3)11-7-19)24(22)18-4-8-20(32-2)9-5-18/h4-11,16,22,24H,12-15H2,1-3H3. The Balaban J connectivity index is 1.62. The number of nitrogens with zero attached hydrogens (tertiary/aromatic N) is 2. The van der Waals surface area contributed by atoms with E-state index in [1.807, 2.05) is 43.3 Å². The lowest BCUT2D eigenvalue weighted by Crippen LogP contribution is -2.46. The molecule has 184 valence electrons. The van der Waals surface area contributed by atoms with Crippen molar-refractivity contribution in [3.05, 3.63) is 74.8 Å². The number of thiazole rings is 1. The summed E-state index contributed by atoms with van der Waals surface area (Å²) in [5, 5.41) is 1.78. The number of ether oxygens (including phenoxy) is 3. The summed E-state index contributed by atoms with van der Waals surface area (Å²) < 4.78 is 17.8. The number of piperidine rings is 1. The summed E-state index contributed by atoms with van der Waals surface area (Å²) in [5.74, 6) is 0.332. The fraction of sp³-hybridized carbons (Fsp3) is 0.346. The van der Waals surface area contributed by atoms with Gasteiger partial charge in [-0.1, -0.05) is 23.5 Å². The predicted octanol–water partition coefficient (Wildman–Crippen LogP) is 3.96. The highest BCUT2D eigenvalue weighted by Gasteiger charge is 2.42. The summed E-state index contributed by atoms with van der Waals surface area (Å²) in [6.07, 6.45) is 0.597. The molecule has 2 aromatic carbocycles. The Morgan fingerprint density at radius 2 is 1.63 bits per heavy atom. The molecule has 1 aliphatic heterocycles. The summed E-state index contributed by atoms with van der Waals surface area (Å²) in [5.41, 5.74) is 2.32. The molecule has 1 aliphatic rings. The van der Waals surface area contributed by atoms with Gasteiger partial charge in [-0.05, 0) is 55.3 Å². The molecule has 0 bridgehead atoms. The Kier molecular flexibility index (Phi) is 7.55. The zero-order valence-corrected chi connectivity index (χ0v) is 20.7. The number of hydrogen-bond acceptors (Lipinski definition) is 7. The maximum atomic E-state index is 13.3. The molecule has 35 heavy (non-hydrogen) atoms. The Labute approximate surface area is 207 Å². The summed E-state index contributed by atoms with van der Waals surface area (Å²) >= 11 is 1.12. The molecule has 4 rings (SSSR count). The van der Waals surface area contributed by atoms with Gasteiger partial charge in [0.05, 0.1) is 32.7 Å². The van der Waals surface area contributed by atoms with Crippen molar-refractivity contribution in [2.24, 2.45) is 5.92 Å². The van der Waals surface area contributed by atoms with Gasteiger partial charge in [0.1, 0.15) is 18.1 Å². The molecule has 0 N–H and O–H groups in total. The van der Waals surface area contributed by atoms with Crippen molar-refractivity contribution in [3.8, 4) is 11.5 Å². The van der Waals surface area contributed by atoms with Gasteiger partial charge < -0.3 is 19.1 Å². The Morgan fingerprint density at radius 1 is 1.00 bits per heavy atom. The number of anilines is 1. The van der Waals surface area contributed by atoms with E-state index in [2.05, 4.69) is 0 Å². The van der Waals surface area contributed by atoms with Crippen molar-refractivity contribution < 1.29 is 23.8 Å². The quantitative estimate of drug-likeness (QED) is 0.439. The molecule has 1 aromatic heterocycles. The fourth-order valence-corrected chi connectivity index (χ4v) is 5.15. The number of carbonyl (C=O) groups excluding carboxylic acids is 2. The molecule has 1 amide bonds. The molecular weight excluding hydrogens is 468 g/mol. The molecule has 0 spiro atoms. The molecule has 1 fully saturated rings. The van der Waals surface area contributed by atoms with Gasteiger partial charge in [-0.15, -0.1) is 0 Å². The molecule has 2 unspecified atom stereocenters. The highest BCUT2D eigenvalue weighted by molar-refractivity contribution is 7.07. The largest absolute Gasteiger partial charge is 0.497 e. The molecule has 0 saturated carbocycles. The van der Waals surface area contributed by atoms with Crippen molar-refractivity contribution in [1.82, 2.24) is 4.57 Å². The monoisotopic (exact) mass is 496 g/mol. The number of methoxy groups -OCH3 is 2. The van der Waals surface area contributed by atoms with Crippen molar-refractivity contribution in [3.63, 3.8) is 0 Å². The SMILES string of the molecule is COc1ccc(C2C(C(=O)OCCn3c(C)csc3=O)CCC(=O)N2c2ccc(OC)cc2)cc1. The normalized spacial score (nSPS) is 17.8. The topological polar surface area (TPSA) is 87.1 Å². The van der Waals surface area contributed by atoms with E-state index in [1.165, 1.54) is 0 Å². The average molecular weight is 497 g/mol. The zero-order chi connectivity index (χ0) is 24.9. The van der Waals surface area contributed by atoms with Gasteiger partial charge >= 0.3 is 10.8 Å². The highest BCUT2D eigenvalue weighted by Crippen LogP contribution is 2.41. The maximum Gasteiger partial charge on any atom is 0.311 e. The lowest BCUT2D eigenvalue weighted by Gasteiger charge is -2.40. The number of esters is 1. The number of rotatable bonds is 8. The van der Waals surface area contributed by atoms with E-state index in [0.29, 0.717) is 30.2 Å². The number of aromatic nitrogens is 1. The van der Waals surface area contributed by atoms with Gasteiger partial charge in [0.2, 0.25) is 5.91 Å². The van der Waals surface area contributed by atoms with Crippen LogP contribution in [0.25, 0.3) is 0 Å². The van der Waals surface area contributed by atoms with Crippen LogP contribution in [0.2, 0.25) is 0 Å². The van der Waals surface area contributed by atoms with Gasteiger partial charge in [-0.3, -0.25) is 19.0 Å². The van der Waals surface area contributed by atoms with Crippen LogP contribution < -0.4 is 19.2 Å². The third kappa shape index (κ3) is 5.24. The summed E-state index contributed by atoms with van der Waals surface area (Å²) in [6.45, 7) is 2.22. The molecule has 1 saturated heterocycles. The molecule has 0 aliphatic carbocycles. The van der Waals surface area contributed by atoms with Crippen LogP contribution in [0.3, 0.4) is 0 Å². The smallest absolute Gasteiger partial charge is 0.311 e. The van der Waals surface area contributed by atoms with Crippen LogP contribution in [0.15, 0.2) is 58.7 Å². The molecule has 3 aromatic rings. The zero-order valence-electron chi connectivity index (χ0n) is 19.9. The van der Waals surface area contributed by atoms with Crippen molar-refractivity contribution in [2.45, 2.75) is 32.4 Å². The Bertz CT molecular complexity index is 1230. The van der Waals surface area contributed by atoms with Crippen molar-refractivity contribution in [1.29, 1.82) is 0 Å². The van der Waals surface area contributed by atoms with Crippen LogP contribution in [0, 0.1) is 12.8 Å². The minimum absolute atomic E-state index is 0.0690. The third-order valence-electron chi connectivity index (χ3n) is 6.24. The lowest BCUT2D eigenvalue weighted by atomic mass is 9.83. The van der Waals surface area contributed by atoms with Crippen molar-refractivity contribution in [2.75, 3.05) is 25.7 Å². The van der Waals surface area contributed by atoms with Crippen LogP contribution in [-0.2, 0) is 20.9 Å². The number of carbonyl (C=O) groups is 2. The van der Waals surface area contributed by atoms with Crippen molar-refractivity contribution >= 4 is 28.9 Å². The fourth-order valence-electron chi connectivity index (χ4n) is 4.39. The first kappa shape index (κ1) is 24.5. The summed E-state index contributed by atoms with van der Waals surface area (Å²) in [7, 11) is 3.17. The summed E-state index contributed by atoms with van der Waals surface area (Å²) in [4.78, 5) is 40.0. The molecule has 0 radical (unpaired) electrons. The number of hydrogen-bond donors (Lipinski definition) is 0. The van der Waals surface area contributed by atoms with E-state index in [0.717, 1.165) is 22.6 Å². The van der Waals surface area contributed by atoms with E-state index in [9.17, 15) is 14.4 Å². The van der Waals surface area contributed by atoms with Gasteiger partial charge in [0, 0.05) is 23.2 Å². The minimum Gasteiger partial charge on any atom is -0.497 e. The second-order valence-electron chi connectivity index (χ2n) is 8.29. The molecule has 2 atom stereocenters. The van der Waals surface area contributed by atoms with Gasteiger partial charge in [0.25, 0.3) is 0 Å². The van der Waals surface area contributed by atoms with Gasteiger partial charge in [-0.2, -0.15) is 0 Å². The minimum atomic E-state index is -0.566. The lowest BCUT2D eigenvalue weighted by molar-refractivity contribution is -0.151. The number of benzene rings is 2. The summed E-state index contributed by atoms with van der Waals surface area (Å²) in [6, 6.07) is 14.0. The maximum absolute atomic E-state index is 13.3. The number of amides is 1. The van der Waals surface area contributed by atoms with Gasteiger partial charge in [0.15, 0.2) is 0 Å². The van der Waals surface area contributed by atoms with E-state index in [4.69, 9.17) is 14.2 Å². The van der Waals surface area contributed by atoms with Crippen LogP contribution in [0.5, 0.6) is 11.5 Å². The molecule has 8 nitrogen and oxygen atoms in total. The van der Waals surface area contributed by atoms with E-state index < -0.39 is 17.9 Å². The Hall–Kier alpha value is -3.59. The van der Waals surface area contributed by atoms with E-state index >= 15 is 0 Å². The van der Waals surface area contributed by atoms with Crippen LogP contribution in [-0.4, -0.2) is 37.3 Å². The number of aryl methyl sites for hydroxylation is 1.